The molecular weight excluding hydrogens is 938 g/mol. The van der Waals surface area contributed by atoms with E-state index in [2.05, 4.69) is 293 Å². The molecule has 3 nitrogen and oxygen atoms in total. The van der Waals surface area contributed by atoms with Gasteiger partial charge in [-0.1, -0.05) is 192 Å². The Morgan fingerprint density at radius 2 is 0.974 bits per heavy atom. The van der Waals surface area contributed by atoms with Crippen LogP contribution in [0.4, 0.5) is 45.5 Å². The molecule has 0 spiro atoms. The smallest absolute Gasteiger partial charge is 0.333 e. The third-order valence-corrected chi connectivity index (χ3v) is 17.2. The van der Waals surface area contributed by atoms with E-state index < -0.39 is 0 Å². The fourth-order valence-electron chi connectivity index (χ4n) is 11.9. The van der Waals surface area contributed by atoms with Crippen LogP contribution in [0.1, 0.15) is 111 Å². The monoisotopic (exact) mass is 1010 g/mol. The second kappa shape index (κ2) is 17.9. The zero-order valence-electron chi connectivity index (χ0n) is 46.7. The quantitative estimate of drug-likeness (QED) is 0.154. The summed E-state index contributed by atoms with van der Waals surface area (Å²) >= 11 is 1.90. The topological polar surface area (TPSA) is 9.72 Å². The number of thiophene rings is 1. The summed E-state index contributed by atoms with van der Waals surface area (Å²) in [5, 5.41) is 2.59. The molecule has 10 aromatic rings. The maximum Gasteiger partial charge on any atom is 0.333 e. The van der Waals surface area contributed by atoms with Crippen molar-refractivity contribution in [2.45, 2.75) is 112 Å². The van der Waals surface area contributed by atoms with Crippen LogP contribution in [0.3, 0.4) is 0 Å². The molecule has 0 fully saturated rings. The molecule has 0 aliphatic carbocycles. The molecule has 2 aliphatic heterocycles. The predicted octanol–water partition coefficient (Wildman–Crippen LogP) is 19.4. The summed E-state index contributed by atoms with van der Waals surface area (Å²) in [6.07, 6.45) is 0. The summed E-state index contributed by atoms with van der Waals surface area (Å²) < 4.78 is 2.59. The van der Waals surface area contributed by atoms with Gasteiger partial charge in [-0.25, -0.2) is 0 Å². The normalized spacial score (nSPS) is 13.5. The molecule has 0 radical (unpaired) electrons. The van der Waals surface area contributed by atoms with Crippen molar-refractivity contribution in [2.24, 2.45) is 0 Å². The van der Waals surface area contributed by atoms with E-state index in [1.54, 1.807) is 0 Å². The minimum Gasteiger partial charge on any atom is -0.376 e. The van der Waals surface area contributed by atoms with Crippen molar-refractivity contribution in [1.29, 1.82) is 0 Å². The Balaban J connectivity index is 1.18. The van der Waals surface area contributed by atoms with Gasteiger partial charge in [0.2, 0.25) is 0 Å². The number of rotatable bonds is 6. The Labute approximate surface area is 456 Å². The molecule has 0 N–H and O–H groups in total. The first-order valence-electron chi connectivity index (χ1n) is 27.3. The lowest BCUT2D eigenvalue weighted by molar-refractivity contribution is 0.590. The van der Waals surface area contributed by atoms with Crippen molar-refractivity contribution in [2.75, 3.05) is 14.6 Å². The van der Waals surface area contributed by atoms with E-state index in [1.165, 1.54) is 110 Å². The highest BCUT2D eigenvalue weighted by atomic mass is 32.1. The fourth-order valence-corrected chi connectivity index (χ4v) is 13.0. The molecule has 9 aromatic carbocycles. The standard InChI is InChI=1S/C71H70BN3S/c1-45-41-58-55-37-36-54(73(51-30-23-47(24-31-51)68(2,3)4)52-32-25-48(26-33-52)69(5,6)7)44-61(55)75(53-34-27-49(28-35-53)70(8,9)10)72-59-38-40-64-65(56-21-17-18-22-63(56)76-64)67(59)74(62(42-45)66(58)72)60-39-29-50(71(11,12)13)43-57(60)46-19-15-14-16-20-46/h14-44H,1-13H3. The Morgan fingerprint density at radius 1 is 0.421 bits per heavy atom. The number of hydrogen-bond acceptors (Lipinski definition) is 4. The third kappa shape index (κ3) is 8.43. The molecular formula is C71H70BN3S. The fraction of sp³-hybridized carbons (Fsp3) is 0.239. The molecule has 0 atom stereocenters. The summed E-state index contributed by atoms with van der Waals surface area (Å²) in [4.78, 5) is 7.81. The van der Waals surface area contributed by atoms with Crippen LogP contribution in [0, 0.1) is 6.92 Å². The van der Waals surface area contributed by atoms with Crippen LogP contribution in [0.25, 0.3) is 42.4 Å². The van der Waals surface area contributed by atoms with Gasteiger partial charge in [-0.15, -0.1) is 11.3 Å². The van der Waals surface area contributed by atoms with Gasteiger partial charge in [-0.2, -0.15) is 0 Å². The number of nitrogens with zero attached hydrogens (tertiary/aromatic N) is 3. The number of aryl methyl sites for hydroxylation is 1. The summed E-state index contributed by atoms with van der Waals surface area (Å²) in [5.41, 5.74) is 23.4. The lowest BCUT2D eigenvalue weighted by Crippen LogP contribution is -2.61. The third-order valence-electron chi connectivity index (χ3n) is 16.1. The second-order valence-electron chi connectivity index (χ2n) is 25.6. The molecule has 3 heterocycles. The highest BCUT2D eigenvalue weighted by Crippen LogP contribution is 2.53. The van der Waals surface area contributed by atoms with Crippen molar-refractivity contribution >= 4 is 94.8 Å². The van der Waals surface area contributed by atoms with Crippen LogP contribution in [-0.2, 0) is 21.7 Å². The predicted molar refractivity (Wildman–Crippen MR) is 333 cm³/mol. The van der Waals surface area contributed by atoms with E-state index >= 15 is 0 Å². The van der Waals surface area contributed by atoms with Gasteiger partial charge in [-0.3, -0.25) is 0 Å². The summed E-state index contributed by atoms with van der Waals surface area (Å²) in [6.45, 7) is 29.8. The number of hydrogen-bond donors (Lipinski definition) is 0. The Bertz CT molecular complexity index is 3800. The summed E-state index contributed by atoms with van der Waals surface area (Å²) in [7, 11) is 0. The highest BCUT2D eigenvalue weighted by Gasteiger charge is 2.47. The van der Waals surface area contributed by atoms with Gasteiger partial charge in [0.05, 0.1) is 11.4 Å². The van der Waals surface area contributed by atoms with Gasteiger partial charge < -0.3 is 14.6 Å². The molecule has 0 unspecified atom stereocenters. The van der Waals surface area contributed by atoms with Gasteiger partial charge in [-0.05, 0) is 157 Å². The minimum absolute atomic E-state index is 0.00305. The molecule has 378 valence electrons. The average molecular weight is 1010 g/mol. The largest absolute Gasteiger partial charge is 0.376 e. The van der Waals surface area contributed by atoms with E-state index in [9.17, 15) is 0 Å². The molecule has 76 heavy (non-hydrogen) atoms. The number of benzene rings is 9. The molecule has 5 heteroatoms. The maximum atomic E-state index is 2.69. The van der Waals surface area contributed by atoms with E-state index in [4.69, 9.17) is 0 Å². The maximum absolute atomic E-state index is 2.69. The van der Waals surface area contributed by atoms with Crippen LogP contribution >= 0.6 is 11.3 Å². The first-order chi connectivity index (χ1) is 36.1. The molecule has 1 aromatic heterocycles. The zero-order valence-corrected chi connectivity index (χ0v) is 47.5. The molecule has 2 aliphatic rings. The van der Waals surface area contributed by atoms with Gasteiger partial charge >= 0.3 is 6.85 Å². The van der Waals surface area contributed by atoms with Gasteiger partial charge in [0.15, 0.2) is 0 Å². The Morgan fingerprint density at radius 3 is 1.58 bits per heavy atom. The van der Waals surface area contributed by atoms with Crippen LogP contribution in [0.5, 0.6) is 0 Å². The first kappa shape index (κ1) is 49.5. The van der Waals surface area contributed by atoms with Gasteiger partial charge in [0.25, 0.3) is 0 Å². The highest BCUT2D eigenvalue weighted by molar-refractivity contribution is 7.26. The van der Waals surface area contributed by atoms with Crippen LogP contribution in [-0.4, -0.2) is 6.85 Å². The molecule has 0 saturated carbocycles. The van der Waals surface area contributed by atoms with Crippen LogP contribution in [0.2, 0.25) is 0 Å². The Hall–Kier alpha value is -7.34. The van der Waals surface area contributed by atoms with Crippen LogP contribution in [0.15, 0.2) is 188 Å². The molecule has 0 bridgehead atoms. The van der Waals surface area contributed by atoms with Crippen molar-refractivity contribution in [3.05, 3.63) is 216 Å². The lowest BCUT2D eigenvalue weighted by atomic mass is 9.43. The Kier molecular flexibility index (Phi) is 11.7. The van der Waals surface area contributed by atoms with E-state index in [0.717, 1.165) is 17.1 Å². The van der Waals surface area contributed by atoms with Crippen LogP contribution < -0.4 is 25.5 Å². The molecule has 0 saturated heterocycles. The zero-order chi connectivity index (χ0) is 53.2. The van der Waals surface area contributed by atoms with Crippen molar-refractivity contribution < 1.29 is 0 Å². The van der Waals surface area contributed by atoms with E-state index in [0.29, 0.717) is 0 Å². The SMILES string of the molecule is Cc1cc2c3c(c1)N(c1ccc(C(C)(C)C)cc1-c1ccccc1)c1c(ccc4sc5ccccc5c14)B3N(c1ccc(C(C)(C)C)cc1)c1cc(N(c3ccc(C(C)(C)C)cc3)c3ccc(C(C)(C)C)cc3)ccc1-2. The lowest BCUT2D eigenvalue weighted by Gasteiger charge is -2.46. The molecule has 12 rings (SSSR count). The summed E-state index contributed by atoms with van der Waals surface area (Å²) in [5.74, 6) is 0. The van der Waals surface area contributed by atoms with Gasteiger partial charge in [0, 0.05) is 65.4 Å². The second-order valence-corrected chi connectivity index (χ2v) is 26.7. The van der Waals surface area contributed by atoms with Crippen molar-refractivity contribution in [3.8, 4) is 22.3 Å². The van der Waals surface area contributed by atoms with E-state index in [-0.39, 0.29) is 28.5 Å². The minimum atomic E-state index is -0.164. The van der Waals surface area contributed by atoms with E-state index in [1.807, 2.05) is 11.3 Å². The van der Waals surface area contributed by atoms with Crippen molar-refractivity contribution in [3.63, 3.8) is 0 Å². The van der Waals surface area contributed by atoms with Crippen molar-refractivity contribution in [1.82, 2.24) is 0 Å². The molecule has 0 amide bonds. The van der Waals surface area contributed by atoms with Gasteiger partial charge in [0.1, 0.15) is 0 Å². The summed E-state index contributed by atoms with van der Waals surface area (Å²) in [6, 6.07) is 72.4. The first-order valence-corrected chi connectivity index (χ1v) is 28.1. The average Bonchev–Trinajstić information content (AvgIpc) is 3.80. The number of fused-ring (bicyclic) bond motifs is 8. The number of anilines is 8.